The van der Waals surface area contributed by atoms with Gasteiger partial charge in [0.15, 0.2) is 0 Å². The Hall–Kier alpha value is -1.99. The lowest BCUT2D eigenvalue weighted by Gasteiger charge is -2.37. The summed E-state index contributed by atoms with van der Waals surface area (Å²) in [6, 6.07) is 5.76. The summed E-state index contributed by atoms with van der Waals surface area (Å²) in [6.45, 7) is 6.32. The van der Waals surface area contributed by atoms with E-state index in [4.69, 9.17) is 0 Å². The van der Waals surface area contributed by atoms with Gasteiger partial charge in [0.1, 0.15) is 6.04 Å². The van der Waals surface area contributed by atoms with Crippen LogP contribution in [0.25, 0.3) is 0 Å². The van der Waals surface area contributed by atoms with E-state index in [9.17, 15) is 9.90 Å². The first-order valence-electron chi connectivity index (χ1n) is 12.2. The number of nitrogens with zero attached hydrogens (tertiary/aromatic N) is 1. The van der Waals surface area contributed by atoms with Gasteiger partial charge in [0.05, 0.1) is 12.6 Å². The zero-order valence-corrected chi connectivity index (χ0v) is 20.0. The largest absolute Gasteiger partial charge is 0.394 e. The Labute approximate surface area is 189 Å². The highest BCUT2D eigenvalue weighted by Gasteiger charge is 2.32. The average Bonchev–Trinajstić information content (AvgIpc) is 2.74. The number of aliphatic hydroxyl groups excluding tert-OH is 1. The maximum atomic E-state index is 12.8. The summed E-state index contributed by atoms with van der Waals surface area (Å²) < 4.78 is 0. The van der Waals surface area contributed by atoms with Gasteiger partial charge in [-0.05, 0) is 36.5 Å². The highest BCUT2D eigenvalue weighted by molar-refractivity contribution is 5.86. The summed E-state index contributed by atoms with van der Waals surface area (Å²) >= 11 is 0. The molecular formula is C27H42N2O2. The second-order valence-electron chi connectivity index (χ2n) is 9.26. The topological polar surface area (TPSA) is 52.6 Å². The molecule has 31 heavy (non-hydrogen) atoms. The molecule has 4 nitrogen and oxygen atoms in total. The van der Waals surface area contributed by atoms with E-state index in [0.717, 1.165) is 23.2 Å². The minimum Gasteiger partial charge on any atom is -0.394 e. The van der Waals surface area contributed by atoms with Gasteiger partial charge in [0.25, 0.3) is 0 Å². The van der Waals surface area contributed by atoms with E-state index >= 15 is 0 Å². The van der Waals surface area contributed by atoms with Gasteiger partial charge in [0.2, 0.25) is 5.91 Å². The van der Waals surface area contributed by atoms with Gasteiger partial charge in [-0.3, -0.25) is 4.79 Å². The van der Waals surface area contributed by atoms with Crippen LogP contribution in [-0.2, 0) is 11.2 Å². The van der Waals surface area contributed by atoms with Crippen molar-refractivity contribution in [3.8, 4) is 11.8 Å². The summed E-state index contributed by atoms with van der Waals surface area (Å²) in [4.78, 5) is 14.8. The summed E-state index contributed by atoms with van der Waals surface area (Å²) in [5, 5.41) is 12.7. The fourth-order valence-corrected chi connectivity index (χ4v) is 4.44. The molecule has 1 aliphatic rings. The smallest absolute Gasteiger partial charge is 0.243 e. The van der Waals surface area contributed by atoms with Crippen LogP contribution in [0, 0.1) is 17.8 Å². The van der Waals surface area contributed by atoms with E-state index in [2.05, 4.69) is 61.0 Å². The molecule has 0 fully saturated rings. The molecule has 0 saturated carbocycles. The molecule has 1 aromatic carbocycles. The molecule has 172 valence electrons. The molecule has 1 aliphatic heterocycles. The normalized spacial score (nSPS) is 18.6. The van der Waals surface area contributed by atoms with E-state index in [1.165, 1.54) is 51.4 Å². The monoisotopic (exact) mass is 426 g/mol. The van der Waals surface area contributed by atoms with Crippen molar-refractivity contribution < 1.29 is 9.90 Å². The molecule has 1 heterocycles. The Bertz CT molecular complexity index is 747. The lowest BCUT2D eigenvalue weighted by molar-refractivity contribution is -0.124. The molecule has 1 amide bonds. The molecule has 0 bridgehead atoms. The third-order valence-corrected chi connectivity index (χ3v) is 6.20. The molecule has 0 saturated heterocycles. The molecule has 0 radical (unpaired) electrons. The molecule has 0 unspecified atom stereocenters. The second-order valence-corrected chi connectivity index (χ2v) is 9.26. The highest BCUT2D eigenvalue weighted by atomic mass is 16.3. The van der Waals surface area contributed by atoms with Crippen molar-refractivity contribution in [2.24, 2.45) is 5.92 Å². The van der Waals surface area contributed by atoms with E-state index in [1.54, 1.807) is 0 Å². The summed E-state index contributed by atoms with van der Waals surface area (Å²) in [7, 11) is 1.99. The Kier molecular flexibility index (Phi) is 10.9. The predicted molar refractivity (Wildman–Crippen MR) is 130 cm³/mol. The number of rotatable bonds is 10. The lowest BCUT2D eigenvalue weighted by Crippen LogP contribution is -2.54. The first-order chi connectivity index (χ1) is 15.0. The Morgan fingerprint density at radius 2 is 1.81 bits per heavy atom. The summed E-state index contributed by atoms with van der Waals surface area (Å²) in [5.74, 6) is 6.80. The Balaban J connectivity index is 2.00. The van der Waals surface area contributed by atoms with Crippen LogP contribution in [0.15, 0.2) is 18.2 Å². The van der Waals surface area contributed by atoms with Crippen molar-refractivity contribution in [1.29, 1.82) is 0 Å². The van der Waals surface area contributed by atoms with Crippen molar-refractivity contribution in [3.63, 3.8) is 0 Å². The van der Waals surface area contributed by atoms with E-state index in [-0.39, 0.29) is 30.5 Å². The van der Waals surface area contributed by atoms with E-state index < -0.39 is 0 Å². The summed E-state index contributed by atoms with van der Waals surface area (Å²) in [5.41, 5.74) is 3.18. The average molecular weight is 427 g/mol. The first-order valence-corrected chi connectivity index (χ1v) is 12.2. The van der Waals surface area contributed by atoms with E-state index in [0.29, 0.717) is 6.42 Å². The highest BCUT2D eigenvalue weighted by Crippen LogP contribution is 2.28. The van der Waals surface area contributed by atoms with Crippen LogP contribution in [0.5, 0.6) is 0 Å². The number of hydrogen-bond acceptors (Lipinski definition) is 3. The fraction of sp³-hybridized carbons (Fsp3) is 0.667. The van der Waals surface area contributed by atoms with Gasteiger partial charge in [0, 0.05) is 24.7 Å². The van der Waals surface area contributed by atoms with Crippen molar-refractivity contribution in [2.45, 2.75) is 97.1 Å². The number of carbonyl (C=O) groups is 1. The third-order valence-electron chi connectivity index (χ3n) is 6.20. The van der Waals surface area contributed by atoms with Crippen LogP contribution in [0.3, 0.4) is 0 Å². The zero-order valence-electron chi connectivity index (χ0n) is 20.0. The fourth-order valence-electron chi connectivity index (χ4n) is 4.44. The number of nitrogens with one attached hydrogen (secondary N) is 1. The van der Waals surface area contributed by atoms with Crippen molar-refractivity contribution in [1.82, 2.24) is 5.32 Å². The van der Waals surface area contributed by atoms with Gasteiger partial charge in [-0.1, -0.05) is 83.6 Å². The SMILES string of the molecule is CCCCCCCCCCC#Cc1ccc2c(c1)N(C)[C@@H](C(C)C)C(=O)N[C@H](CO)C2. The van der Waals surface area contributed by atoms with Crippen LogP contribution < -0.4 is 10.2 Å². The molecule has 2 N–H and O–H groups in total. The van der Waals surface area contributed by atoms with Gasteiger partial charge in [-0.2, -0.15) is 0 Å². The maximum absolute atomic E-state index is 12.8. The standard InChI is InChI=1S/C27H42N2O2/c1-5-6-7-8-9-10-11-12-13-14-15-22-16-17-23-19-24(20-30)28-27(31)26(21(2)3)29(4)25(23)18-22/h16-18,21,24,26,30H,5-13,19-20H2,1-4H3,(H,28,31)/t24-,26-/m0/s1. The van der Waals surface area contributed by atoms with Gasteiger partial charge < -0.3 is 15.3 Å². The predicted octanol–water partition coefficient (Wildman–Crippen LogP) is 5.06. The van der Waals surface area contributed by atoms with E-state index in [1.807, 2.05) is 7.05 Å². The van der Waals surface area contributed by atoms with Gasteiger partial charge in [-0.15, -0.1) is 0 Å². The van der Waals surface area contributed by atoms with Crippen LogP contribution in [-0.4, -0.2) is 36.8 Å². The number of anilines is 1. The number of benzene rings is 1. The van der Waals surface area contributed by atoms with Crippen LogP contribution in [0.1, 0.15) is 89.7 Å². The number of carbonyl (C=O) groups excluding carboxylic acids is 1. The number of fused-ring (bicyclic) bond motifs is 1. The molecule has 4 heteroatoms. The van der Waals surface area contributed by atoms with Crippen molar-refractivity contribution in [3.05, 3.63) is 29.3 Å². The quantitative estimate of drug-likeness (QED) is 0.406. The number of hydrogen-bond donors (Lipinski definition) is 2. The molecule has 1 aromatic rings. The Morgan fingerprint density at radius 1 is 1.13 bits per heavy atom. The molecular weight excluding hydrogens is 384 g/mol. The van der Waals surface area contributed by atoms with Crippen LogP contribution in [0.4, 0.5) is 5.69 Å². The third kappa shape index (κ3) is 7.89. The number of amides is 1. The Morgan fingerprint density at radius 3 is 2.45 bits per heavy atom. The molecule has 2 rings (SSSR count). The van der Waals surface area contributed by atoms with Gasteiger partial charge >= 0.3 is 0 Å². The van der Waals surface area contributed by atoms with Gasteiger partial charge in [-0.25, -0.2) is 0 Å². The zero-order chi connectivity index (χ0) is 22.6. The second kappa shape index (κ2) is 13.4. The van der Waals surface area contributed by atoms with Crippen LogP contribution >= 0.6 is 0 Å². The molecule has 0 aliphatic carbocycles. The minimum absolute atomic E-state index is 0.0200. The van der Waals surface area contributed by atoms with Crippen molar-refractivity contribution >= 4 is 11.6 Å². The summed E-state index contributed by atoms with van der Waals surface area (Å²) in [6.07, 6.45) is 12.1. The number of likely N-dealkylation sites (N-methyl/N-ethyl adjacent to an activating group) is 1. The molecule has 0 spiro atoms. The van der Waals surface area contributed by atoms with Crippen LogP contribution in [0.2, 0.25) is 0 Å². The molecule has 0 aromatic heterocycles. The first kappa shape index (κ1) is 25.3. The van der Waals surface area contributed by atoms with Crippen molar-refractivity contribution in [2.75, 3.05) is 18.6 Å². The number of unbranched alkanes of at least 4 members (excludes halogenated alkanes) is 8. The lowest BCUT2D eigenvalue weighted by atomic mass is 9.94. The maximum Gasteiger partial charge on any atom is 0.243 e. The molecule has 2 atom stereocenters. The number of aliphatic hydroxyl groups is 1. The minimum atomic E-state index is -0.270.